The number of hydrogen-bond donors (Lipinski definition) is 2. The monoisotopic (exact) mass is 428 g/mol. The number of nitrogens with one attached hydrogen (secondary N) is 2. The van der Waals surface area contributed by atoms with Crippen LogP contribution in [0.5, 0.6) is 0 Å². The highest BCUT2D eigenvalue weighted by atomic mass is 79.9. The molecule has 0 radical (unpaired) electrons. The van der Waals surface area contributed by atoms with Gasteiger partial charge in [0.2, 0.25) is 0 Å². The van der Waals surface area contributed by atoms with E-state index in [1.165, 1.54) is 11.3 Å². The van der Waals surface area contributed by atoms with Gasteiger partial charge in [-0.25, -0.2) is 8.42 Å². The Labute approximate surface area is 145 Å². The fourth-order valence-electron chi connectivity index (χ4n) is 1.62. The van der Waals surface area contributed by atoms with Gasteiger partial charge in [0.05, 0.1) is 19.5 Å². The van der Waals surface area contributed by atoms with Gasteiger partial charge in [-0.3, -0.25) is 4.72 Å². The first-order valence-corrected chi connectivity index (χ1v) is 9.59. The molecule has 0 unspecified atom stereocenters. The Morgan fingerprint density at radius 2 is 2.05 bits per heavy atom. The normalized spacial score (nSPS) is 11.6. The van der Waals surface area contributed by atoms with Crippen LogP contribution in [0.4, 0.5) is 5.69 Å². The molecule has 9 heteroatoms. The molecule has 2 aromatic rings. The van der Waals surface area contributed by atoms with Crippen LogP contribution >= 0.6 is 50.5 Å². The van der Waals surface area contributed by atoms with Crippen molar-refractivity contribution in [2.75, 3.05) is 11.8 Å². The number of thiophene rings is 1. The quantitative estimate of drug-likeness (QED) is 0.743. The van der Waals surface area contributed by atoms with Crippen LogP contribution in [0, 0.1) is 0 Å². The molecule has 2 N–H and O–H groups in total. The van der Waals surface area contributed by atoms with Crippen molar-refractivity contribution < 1.29 is 8.42 Å². The molecule has 0 saturated carbocycles. The van der Waals surface area contributed by atoms with Gasteiger partial charge in [0, 0.05) is 11.4 Å². The van der Waals surface area contributed by atoms with E-state index in [9.17, 15) is 8.42 Å². The predicted molar refractivity (Wildman–Crippen MR) is 92.1 cm³/mol. The third kappa shape index (κ3) is 3.91. The van der Waals surface area contributed by atoms with E-state index in [2.05, 4.69) is 26.0 Å². The van der Waals surface area contributed by atoms with Crippen molar-refractivity contribution in [2.24, 2.45) is 0 Å². The van der Waals surface area contributed by atoms with E-state index in [1.807, 2.05) is 0 Å². The highest BCUT2D eigenvalue weighted by Gasteiger charge is 2.22. The first kappa shape index (κ1) is 17.1. The summed E-state index contributed by atoms with van der Waals surface area (Å²) in [5.41, 5.74) is 0.248. The summed E-state index contributed by atoms with van der Waals surface area (Å²) in [6.07, 6.45) is 0. The Balaban J connectivity index is 2.36. The Morgan fingerprint density at radius 1 is 1.33 bits per heavy atom. The van der Waals surface area contributed by atoms with Crippen LogP contribution < -0.4 is 10.0 Å². The summed E-state index contributed by atoms with van der Waals surface area (Å²) in [5.74, 6) is 0. The minimum atomic E-state index is -3.74. The maximum atomic E-state index is 12.4. The van der Waals surface area contributed by atoms with Crippen LogP contribution in [0.2, 0.25) is 10.0 Å². The number of hydrogen-bond acceptors (Lipinski definition) is 4. The van der Waals surface area contributed by atoms with Crippen molar-refractivity contribution >= 4 is 66.2 Å². The van der Waals surface area contributed by atoms with Crippen LogP contribution in [0.1, 0.15) is 4.88 Å². The maximum absolute atomic E-state index is 12.4. The molecule has 0 amide bonds. The van der Waals surface area contributed by atoms with Crippen LogP contribution in [-0.4, -0.2) is 15.5 Å². The number of anilines is 1. The molecule has 1 aromatic heterocycles. The highest BCUT2D eigenvalue weighted by molar-refractivity contribution is 9.11. The van der Waals surface area contributed by atoms with Crippen LogP contribution in [0.25, 0.3) is 0 Å². The van der Waals surface area contributed by atoms with E-state index >= 15 is 0 Å². The molecule has 0 aliphatic heterocycles. The van der Waals surface area contributed by atoms with E-state index in [1.54, 1.807) is 31.3 Å². The highest BCUT2D eigenvalue weighted by Crippen LogP contribution is 2.35. The average Bonchev–Trinajstić information content (AvgIpc) is 2.77. The molecular weight excluding hydrogens is 419 g/mol. The summed E-state index contributed by atoms with van der Waals surface area (Å²) < 4.78 is 27.9. The molecule has 1 aromatic carbocycles. The Kier molecular flexibility index (Phi) is 5.56. The van der Waals surface area contributed by atoms with Crippen LogP contribution in [0.15, 0.2) is 32.9 Å². The third-order valence-electron chi connectivity index (χ3n) is 2.54. The molecule has 0 saturated heterocycles. The first-order valence-electron chi connectivity index (χ1n) is 5.75. The van der Waals surface area contributed by atoms with E-state index in [-0.39, 0.29) is 20.6 Å². The summed E-state index contributed by atoms with van der Waals surface area (Å²) in [7, 11) is -1.94. The van der Waals surface area contributed by atoms with Crippen molar-refractivity contribution in [3.8, 4) is 0 Å². The van der Waals surface area contributed by atoms with E-state index in [0.29, 0.717) is 10.3 Å². The second kappa shape index (κ2) is 6.85. The molecular formula is C12H11BrCl2N2O2S2. The van der Waals surface area contributed by atoms with Gasteiger partial charge < -0.3 is 5.32 Å². The fourth-order valence-corrected chi connectivity index (χ4v) is 5.80. The third-order valence-corrected chi connectivity index (χ3v) is 6.98. The number of sulfonamides is 1. The Morgan fingerprint density at radius 3 is 2.71 bits per heavy atom. The van der Waals surface area contributed by atoms with Crippen molar-refractivity contribution in [2.45, 2.75) is 11.4 Å². The molecule has 1 heterocycles. The Hall–Kier alpha value is -0.310. The zero-order valence-corrected chi connectivity index (χ0v) is 15.5. The fraction of sp³-hybridized carbons (Fsp3) is 0.167. The first-order chi connectivity index (χ1) is 9.85. The Bertz CT molecular complexity index is 763. The number of halogens is 3. The molecule has 4 nitrogen and oxygen atoms in total. The van der Waals surface area contributed by atoms with Crippen molar-refractivity contribution in [1.82, 2.24) is 5.32 Å². The zero-order valence-electron chi connectivity index (χ0n) is 10.8. The molecule has 0 bridgehead atoms. The zero-order chi connectivity index (χ0) is 15.6. The van der Waals surface area contributed by atoms with Crippen molar-refractivity contribution in [1.29, 1.82) is 0 Å². The van der Waals surface area contributed by atoms with E-state index in [0.717, 1.165) is 4.88 Å². The van der Waals surface area contributed by atoms with Gasteiger partial charge >= 0.3 is 0 Å². The molecule has 2 rings (SSSR count). The van der Waals surface area contributed by atoms with Crippen molar-refractivity contribution in [3.05, 3.63) is 43.0 Å². The molecule has 0 fully saturated rings. The molecule has 0 aliphatic carbocycles. The lowest BCUT2D eigenvalue weighted by Crippen LogP contribution is -2.13. The summed E-state index contributed by atoms with van der Waals surface area (Å²) in [4.78, 5) is 1.08. The lowest BCUT2D eigenvalue weighted by atomic mass is 10.3. The molecule has 0 spiro atoms. The summed E-state index contributed by atoms with van der Waals surface area (Å²) in [6, 6.07) is 6.39. The predicted octanol–water partition coefficient (Wildman–Crippen LogP) is 4.34. The summed E-state index contributed by atoms with van der Waals surface area (Å²) in [5, 5.41) is 3.44. The topological polar surface area (TPSA) is 58.2 Å². The van der Waals surface area contributed by atoms with Gasteiger partial charge in [0.1, 0.15) is 4.90 Å². The maximum Gasteiger partial charge on any atom is 0.263 e. The van der Waals surface area contributed by atoms with Gasteiger partial charge in [-0.15, -0.1) is 11.3 Å². The standard InChI is InChI=1S/C12H11BrCl2N2O2S2/c1-16-6-7-5-10(12(13)20-7)21(18,19)17-9-4-2-3-8(14)11(9)15/h2-5,16-17H,6H2,1H3. The largest absolute Gasteiger partial charge is 0.315 e. The molecule has 0 atom stereocenters. The van der Waals surface area contributed by atoms with Gasteiger partial charge in [0.25, 0.3) is 10.0 Å². The average molecular weight is 430 g/mol. The smallest absolute Gasteiger partial charge is 0.263 e. The summed E-state index contributed by atoms with van der Waals surface area (Å²) in [6.45, 7) is 0.594. The van der Waals surface area contributed by atoms with Crippen LogP contribution in [0.3, 0.4) is 0 Å². The van der Waals surface area contributed by atoms with Crippen LogP contribution in [-0.2, 0) is 16.6 Å². The van der Waals surface area contributed by atoms with E-state index < -0.39 is 10.0 Å². The molecule has 21 heavy (non-hydrogen) atoms. The number of rotatable bonds is 5. The van der Waals surface area contributed by atoms with E-state index in [4.69, 9.17) is 23.2 Å². The molecule has 114 valence electrons. The molecule has 0 aliphatic rings. The summed E-state index contributed by atoms with van der Waals surface area (Å²) >= 11 is 16.5. The number of benzene rings is 1. The SMILES string of the molecule is CNCc1cc(S(=O)(=O)Nc2cccc(Cl)c2Cl)c(Br)s1. The second-order valence-electron chi connectivity index (χ2n) is 4.09. The lowest BCUT2D eigenvalue weighted by Gasteiger charge is -2.09. The van der Waals surface area contributed by atoms with Gasteiger partial charge in [-0.05, 0) is 41.2 Å². The van der Waals surface area contributed by atoms with Gasteiger partial charge in [-0.2, -0.15) is 0 Å². The second-order valence-corrected chi connectivity index (χ2v) is 8.98. The minimum Gasteiger partial charge on any atom is -0.315 e. The van der Waals surface area contributed by atoms with Crippen molar-refractivity contribution in [3.63, 3.8) is 0 Å². The van der Waals surface area contributed by atoms with Gasteiger partial charge in [-0.1, -0.05) is 29.3 Å². The van der Waals surface area contributed by atoms with Gasteiger partial charge in [0.15, 0.2) is 0 Å². The minimum absolute atomic E-state index is 0.171. The lowest BCUT2D eigenvalue weighted by molar-refractivity contribution is 0.601.